The molecule has 1 N–H and O–H groups in total. The van der Waals surface area contributed by atoms with Gasteiger partial charge in [0.25, 0.3) is 0 Å². The average Bonchev–Trinajstić information content (AvgIpc) is 2.53. The number of nitrogens with zero attached hydrogens (tertiary/aromatic N) is 2. The van der Waals surface area contributed by atoms with Crippen LogP contribution in [0.4, 0.5) is 14.5 Å². The number of aliphatic imine (C=N–C) groups is 1. The topological polar surface area (TPSA) is 57.4 Å². The Bertz CT molecular complexity index is 793. The molecule has 0 aromatic heterocycles. The molecule has 118 valence electrons. The Morgan fingerprint density at radius 3 is 2.74 bits per heavy atom. The number of nitriles is 1. The quantitative estimate of drug-likeness (QED) is 0.371. The lowest BCUT2D eigenvalue weighted by Crippen LogP contribution is -2.12. The number of amidine groups is 1. The maximum atomic E-state index is 14.1. The highest BCUT2D eigenvalue weighted by Crippen LogP contribution is 2.31. The first kappa shape index (κ1) is 17.1. The maximum Gasteiger partial charge on any atom is 0.184 e. The van der Waals surface area contributed by atoms with E-state index in [9.17, 15) is 8.78 Å². The standard InChI is InChI=1S/C15H10ClF2N3OS/c1-23-15(20-8-19)21-9-5-6-12(11(17)7-9)22-13-4-2-3-10(16)14(13)18/h2-7H,1H3,(H,20,21). The van der Waals surface area contributed by atoms with Gasteiger partial charge in [0.05, 0.1) is 10.7 Å². The third-order valence-electron chi connectivity index (χ3n) is 2.64. The zero-order valence-electron chi connectivity index (χ0n) is 11.8. The number of hydrogen-bond acceptors (Lipinski definition) is 4. The second kappa shape index (κ2) is 7.81. The first-order valence-corrected chi connectivity index (χ1v) is 7.84. The normalized spacial score (nSPS) is 11.0. The van der Waals surface area contributed by atoms with E-state index in [1.165, 1.54) is 42.1 Å². The van der Waals surface area contributed by atoms with Gasteiger partial charge in [-0.05, 0) is 30.5 Å². The fourth-order valence-corrected chi connectivity index (χ4v) is 2.12. The number of thioether (sulfide) groups is 1. The lowest BCUT2D eigenvalue weighted by Gasteiger charge is -2.09. The number of benzene rings is 2. The fourth-order valence-electron chi connectivity index (χ4n) is 1.61. The molecule has 0 aliphatic heterocycles. The minimum absolute atomic E-state index is 0.115. The van der Waals surface area contributed by atoms with Gasteiger partial charge in [0.2, 0.25) is 0 Å². The Balaban J connectivity index is 2.26. The molecule has 0 saturated carbocycles. The molecule has 2 aromatic carbocycles. The van der Waals surface area contributed by atoms with Gasteiger partial charge in [-0.2, -0.15) is 5.26 Å². The first-order valence-electron chi connectivity index (χ1n) is 6.24. The van der Waals surface area contributed by atoms with Crippen LogP contribution in [0.1, 0.15) is 0 Å². The van der Waals surface area contributed by atoms with Crippen LogP contribution in [0.15, 0.2) is 41.4 Å². The van der Waals surface area contributed by atoms with Gasteiger partial charge in [0.15, 0.2) is 34.5 Å². The summed E-state index contributed by atoms with van der Waals surface area (Å²) in [5.74, 6) is -1.82. The van der Waals surface area contributed by atoms with Crippen LogP contribution in [-0.4, -0.2) is 11.4 Å². The lowest BCUT2D eigenvalue weighted by atomic mass is 10.3. The number of halogens is 3. The van der Waals surface area contributed by atoms with Gasteiger partial charge in [-0.3, -0.25) is 5.32 Å². The molecule has 0 aliphatic carbocycles. The second-order valence-electron chi connectivity index (χ2n) is 4.13. The third-order valence-corrected chi connectivity index (χ3v) is 3.51. The van der Waals surface area contributed by atoms with Gasteiger partial charge in [-0.15, -0.1) is 0 Å². The highest BCUT2D eigenvalue weighted by molar-refractivity contribution is 8.13. The number of hydrogen-bond donors (Lipinski definition) is 1. The summed E-state index contributed by atoms with van der Waals surface area (Å²) >= 11 is 6.85. The molecule has 0 saturated heterocycles. The van der Waals surface area contributed by atoms with E-state index in [1.54, 1.807) is 12.4 Å². The molecule has 2 rings (SSSR count). The summed E-state index contributed by atoms with van der Waals surface area (Å²) in [6.45, 7) is 0. The zero-order chi connectivity index (χ0) is 16.8. The Morgan fingerprint density at radius 2 is 2.09 bits per heavy atom. The zero-order valence-corrected chi connectivity index (χ0v) is 13.4. The van der Waals surface area contributed by atoms with E-state index in [0.717, 1.165) is 6.07 Å². The largest absolute Gasteiger partial charge is 0.451 e. The van der Waals surface area contributed by atoms with E-state index in [1.807, 2.05) is 0 Å². The predicted molar refractivity (Wildman–Crippen MR) is 87.2 cm³/mol. The van der Waals surface area contributed by atoms with Crippen LogP contribution in [0.3, 0.4) is 0 Å². The van der Waals surface area contributed by atoms with E-state index >= 15 is 0 Å². The van der Waals surface area contributed by atoms with Crippen molar-refractivity contribution in [3.05, 3.63) is 53.1 Å². The summed E-state index contributed by atoms with van der Waals surface area (Å²) in [5, 5.41) is 11.1. The summed E-state index contributed by atoms with van der Waals surface area (Å²) in [6.07, 6.45) is 3.46. The molecule has 0 radical (unpaired) electrons. The van der Waals surface area contributed by atoms with E-state index in [4.69, 9.17) is 21.6 Å². The molecule has 4 nitrogen and oxygen atoms in total. The summed E-state index contributed by atoms with van der Waals surface area (Å²) in [6, 6.07) is 8.12. The summed E-state index contributed by atoms with van der Waals surface area (Å²) in [5.41, 5.74) is 0.286. The Morgan fingerprint density at radius 1 is 1.30 bits per heavy atom. The van der Waals surface area contributed by atoms with Crippen molar-refractivity contribution in [1.29, 1.82) is 5.26 Å². The highest BCUT2D eigenvalue weighted by atomic mass is 35.5. The van der Waals surface area contributed by atoms with E-state index < -0.39 is 11.6 Å². The molecular weight excluding hydrogens is 344 g/mol. The molecule has 23 heavy (non-hydrogen) atoms. The van der Waals surface area contributed by atoms with E-state index in [0.29, 0.717) is 5.17 Å². The van der Waals surface area contributed by atoms with Crippen LogP contribution in [0.2, 0.25) is 5.02 Å². The van der Waals surface area contributed by atoms with Crippen LogP contribution in [0.25, 0.3) is 0 Å². The molecule has 8 heteroatoms. The molecule has 0 aliphatic rings. The van der Waals surface area contributed by atoms with Gasteiger partial charge < -0.3 is 4.74 Å². The highest BCUT2D eigenvalue weighted by Gasteiger charge is 2.12. The smallest absolute Gasteiger partial charge is 0.184 e. The first-order chi connectivity index (χ1) is 11.0. The van der Waals surface area contributed by atoms with Gasteiger partial charge in [0, 0.05) is 6.07 Å². The Hall–Kier alpha value is -2.30. The molecule has 0 heterocycles. The molecule has 0 fully saturated rings. The van der Waals surface area contributed by atoms with Gasteiger partial charge in [-0.25, -0.2) is 13.8 Å². The maximum absolute atomic E-state index is 14.1. The SMILES string of the molecule is CSC(=Nc1ccc(Oc2cccc(Cl)c2F)c(F)c1)NC#N. The number of ether oxygens (including phenoxy) is 1. The van der Waals surface area contributed by atoms with Crippen LogP contribution < -0.4 is 10.1 Å². The lowest BCUT2D eigenvalue weighted by molar-refractivity contribution is 0.415. The van der Waals surface area contributed by atoms with E-state index in [-0.39, 0.29) is 22.2 Å². The average molecular weight is 354 g/mol. The van der Waals surface area contributed by atoms with Crippen molar-refractivity contribution in [2.45, 2.75) is 0 Å². The van der Waals surface area contributed by atoms with Gasteiger partial charge in [-0.1, -0.05) is 29.4 Å². The summed E-state index contributed by atoms with van der Waals surface area (Å²) in [7, 11) is 0. The number of nitrogens with one attached hydrogen (secondary N) is 1. The van der Waals surface area contributed by atoms with Crippen molar-refractivity contribution in [3.8, 4) is 17.7 Å². The van der Waals surface area contributed by atoms with Crippen LogP contribution in [-0.2, 0) is 0 Å². The van der Waals surface area contributed by atoms with E-state index in [2.05, 4.69) is 10.3 Å². The summed E-state index contributed by atoms with van der Waals surface area (Å²) in [4.78, 5) is 4.06. The van der Waals surface area contributed by atoms with Crippen LogP contribution in [0, 0.1) is 23.1 Å². The predicted octanol–water partition coefficient (Wildman–Crippen LogP) is 4.83. The summed E-state index contributed by atoms with van der Waals surface area (Å²) < 4.78 is 33.0. The fraction of sp³-hybridized carbons (Fsp3) is 0.0667. The third kappa shape index (κ3) is 4.34. The minimum atomic E-state index is -0.765. The van der Waals surface area contributed by atoms with Crippen molar-refractivity contribution in [2.75, 3.05) is 6.26 Å². The molecule has 0 bridgehead atoms. The molecule has 0 atom stereocenters. The molecule has 0 amide bonds. The van der Waals surface area contributed by atoms with Crippen LogP contribution >= 0.6 is 23.4 Å². The van der Waals surface area contributed by atoms with Crippen molar-refractivity contribution in [1.82, 2.24) is 5.32 Å². The Kier molecular flexibility index (Phi) is 5.79. The molecule has 0 unspecified atom stereocenters. The van der Waals surface area contributed by atoms with Crippen LogP contribution in [0.5, 0.6) is 11.5 Å². The van der Waals surface area contributed by atoms with Crippen molar-refractivity contribution in [2.24, 2.45) is 4.99 Å². The van der Waals surface area contributed by atoms with Gasteiger partial charge >= 0.3 is 0 Å². The monoisotopic (exact) mass is 353 g/mol. The molecule has 0 spiro atoms. The van der Waals surface area contributed by atoms with Gasteiger partial charge in [0.1, 0.15) is 0 Å². The number of rotatable bonds is 3. The second-order valence-corrected chi connectivity index (χ2v) is 5.33. The van der Waals surface area contributed by atoms with Crippen molar-refractivity contribution >= 4 is 34.2 Å². The Labute approximate surface area is 140 Å². The van der Waals surface area contributed by atoms with Crippen molar-refractivity contribution < 1.29 is 13.5 Å². The molecule has 2 aromatic rings. The molecular formula is C15H10ClF2N3OS. The minimum Gasteiger partial charge on any atom is -0.451 e. The van der Waals surface area contributed by atoms with Crippen molar-refractivity contribution in [3.63, 3.8) is 0 Å².